The van der Waals surface area contributed by atoms with Crippen molar-refractivity contribution in [3.63, 3.8) is 0 Å². The Kier molecular flexibility index (Phi) is 11.4. The van der Waals surface area contributed by atoms with E-state index < -0.39 is 9.52 Å². The Morgan fingerprint density at radius 3 is 2.77 bits per heavy atom. The van der Waals surface area contributed by atoms with Crippen LogP contribution in [0.5, 0.6) is 5.75 Å². The van der Waals surface area contributed by atoms with Crippen LogP contribution in [-0.4, -0.2) is 79.6 Å². The molecule has 0 bridgehead atoms. The summed E-state index contributed by atoms with van der Waals surface area (Å²) in [5.74, 6) is 7.93. The number of carbonyl (C=O) groups is 1. The lowest BCUT2D eigenvalue weighted by Gasteiger charge is -2.32. The van der Waals surface area contributed by atoms with Crippen LogP contribution in [0.25, 0.3) is 16.7 Å². The molecule has 2 aromatic heterocycles. The number of anilines is 1. The highest BCUT2D eigenvalue weighted by molar-refractivity contribution is 7.99. The summed E-state index contributed by atoms with van der Waals surface area (Å²) in [5, 5.41) is 4.55. The fourth-order valence-corrected chi connectivity index (χ4v) is 7.71. The third kappa shape index (κ3) is 9.07. The van der Waals surface area contributed by atoms with Gasteiger partial charge >= 0.3 is 0 Å². The largest absolute Gasteiger partial charge is 0.493 e. The predicted molar refractivity (Wildman–Crippen MR) is 183 cm³/mol. The van der Waals surface area contributed by atoms with Crippen molar-refractivity contribution in [2.75, 3.05) is 43.6 Å². The minimum atomic E-state index is -2.01. The van der Waals surface area contributed by atoms with E-state index in [0.717, 1.165) is 66.9 Å². The molecule has 0 radical (unpaired) electrons. The highest BCUT2D eigenvalue weighted by Crippen LogP contribution is 2.31. The molecule has 2 unspecified atom stereocenters. The second kappa shape index (κ2) is 15.4. The highest BCUT2D eigenvalue weighted by Gasteiger charge is 2.27. The van der Waals surface area contributed by atoms with Crippen molar-refractivity contribution in [3.8, 4) is 11.6 Å². The number of Topliss-reactive ketones (excluding diaryl/α,β-unsaturated/α-hetero) is 1. The SMILES string of the molecule is C=S(C)(=O)CCCOc1cccc2c1ccn2-c1ccnc(NC2CCC(C(=O)CCCC3CCCN(CCC)C3)CC2)n1. The number of ketones is 1. The molecular weight excluding hydrogens is 570 g/mol. The van der Waals surface area contributed by atoms with Crippen LogP contribution in [0.3, 0.4) is 0 Å². The molecule has 2 fully saturated rings. The number of piperidine rings is 1. The van der Waals surface area contributed by atoms with E-state index in [2.05, 4.69) is 34.1 Å². The zero-order chi connectivity index (χ0) is 30.9. The highest BCUT2D eigenvalue weighted by atomic mass is 32.2. The van der Waals surface area contributed by atoms with E-state index in [9.17, 15) is 9.00 Å². The van der Waals surface area contributed by atoms with Crippen LogP contribution in [-0.2, 0) is 14.3 Å². The summed E-state index contributed by atoms with van der Waals surface area (Å²) >= 11 is 0. The summed E-state index contributed by atoms with van der Waals surface area (Å²) in [6.07, 6.45) is 16.8. The number of ether oxygens (including phenoxy) is 1. The topological polar surface area (TPSA) is 89.3 Å². The molecule has 2 aliphatic rings. The average Bonchev–Trinajstić information content (AvgIpc) is 3.45. The van der Waals surface area contributed by atoms with Gasteiger partial charge in [-0.05, 0) is 123 Å². The van der Waals surface area contributed by atoms with Gasteiger partial charge in [0.25, 0.3) is 0 Å². The standard InChI is InChI=1S/C35H51N5O3S/c1-4-21-39-22-7-10-27(26-39)9-5-12-32(41)28-14-16-29(17-15-28)37-35-36-20-18-34(38-35)40-23-19-30-31(40)11-6-13-33(30)43-24-8-25-44(2,3)42/h6,11,13,18-20,23,27-29H,2,4-5,7-10,12,14-17,21-22,24-26H2,1,3H3,(H,36,37,38). The van der Waals surface area contributed by atoms with Crippen molar-refractivity contribution in [2.45, 2.75) is 83.6 Å². The smallest absolute Gasteiger partial charge is 0.224 e. The van der Waals surface area contributed by atoms with E-state index in [-0.39, 0.29) is 12.0 Å². The fraction of sp³-hybridized carbons (Fsp3) is 0.600. The van der Waals surface area contributed by atoms with E-state index >= 15 is 0 Å². The number of aromatic nitrogens is 3. The monoisotopic (exact) mass is 621 g/mol. The fourth-order valence-electron chi connectivity index (χ4n) is 6.98. The first-order valence-electron chi connectivity index (χ1n) is 16.7. The van der Waals surface area contributed by atoms with Crippen molar-refractivity contribution in [1.29, 1.82) is 0 Å². The predicted octanol–water partition coefficient (Wildman–Crippen LogP) is 6.37. The van der Waals surface area contributed by atoms with Gasteiger partial charge in [-0.3, -0.25) is 9.00 Å². The van der Waals surface area contributed by atoms with Gasteiger partial charge < -0.3 is 19.5 Å². The number of carbonyl (C=O) groups excluding carboxylic acids is 1. The van der Waals surface area contributed by atoms with Gasteiger partial charge in [0.2, 0.25) is 5.95 Å². The van der Waals surface area contributed by atoms with Crippen LogP contribution >= 0.6 is 0 Å². The van der Waals surface area contributed by atoms with Gasteiger partial charge in [-0.15, -0.1) is 0 Å². The molecule has 1 N–H and O–H groups in total. The van der Waals surface area contributed by atoms with E-state index in [1.807, 2.05) is 35.0 Å². The Labute approximate surface area is 264 Å². The molecule has 0 spiro atoms. The van der Waals surface area contributed by atoms with E-state index in [0.29, 0.717) is 30.5 Å². The Bertz CT molecular complexity index is 1480. The zero-order valence-electron chi connectivity index (χ0n) is 26.7. The maximum atomic E-state index is 13.0. The normalized spacial score (nSPS) is 22.5. The quantitative estimate of drug-likeness (QED) is 0.156. The molecule has 1 aliphatic heterocycles. The van der Waals surface area contributed by atoms with Gasteiger partial charge in [-0.2, -0.15) is 4.98 Å². The summed E-state index contributed by atoms with van der Waals surface area (Å²) in [6, 6.07) is 10.2. The summed E-state index contributed by atoms with van der Waals surface area (Å²) in [6.45, 7) is 6.44. The average molecular weight is 622 g/mol. The van der Waals surface area contributed by atoms with Crippen LogP contribution in [0.2, 0.25) is 0 Å². The molecule has 1 saturated heterocycles. The number of fused-ring (bicyclic) bond motifs is 1. The van der Waals surface area contributed by atoms with Gasteiger partial charge in [0, 0.05) is 54.7 Å². The van der Waals surface area contributed by atoms with Crippen LogP contribution in [0.4, 0.5) is 5.95 Å². The molecule has 5 rings (SSSR count). The summed E-state index contributed by atoms with van der Waals surface area (Å²) in [4.78, 5) is 25.0. The van der Waals surface area contributed by atoms with E-state index in [1.54, 1.807) is 12.5 Å². The molecule has 8 nitrogen and oxygen atoms in total. The number of benzene rings is 1. The molecule has 44 heavy (non-hydrogen) atoms. The van der Waals surface area contributed by atoms with Crippen LogP contribution in [0.15, 0.2) is 42.7 Å². The van der Waals surface area contributed by atoms with Crippen LogP contribution in [0.1, 0.15) is 77.6 Å². The molecule has 0 amide bonds. The molecule has 3 heterocycles. The molecule has 240 valence electrons. The molecule has 9 heteroatoms. The first-order chi connectivity index (χ1) is 21.3. The minimum Gasteiger partial charge on any atom is -0.493 e. The van der Waals surface area contributed by atoms with Crippen molar-refractivity contribution >= 4 is 38.0 Å². The van der Waals surface area contributed by atoms with Gasteiger partial charge in [0.1, 0.15) is 17.4 Å². The number of hydrogen-bond donors (Lipinski definition) is 1. The minimum absolute atomic E-state index is 0.204. The van der Waals surface area contributed by atoms with Gasteiger partial charge in [0.05, 0.1) is 12.1 Å². The van der Waals surface area contributed by atoms with Gasteiger partial charge in [-0.1, -0.05) is 13.0 Å². The molecular formula is C35H51N5O3S. The van der Waals surface area contributed by atoms with Gasteiger partial charge in [0.15, 0.2) is 0 Å². The maximum Gasteiger partial charge on any atom is 0.224 e. The van der Waals surface area contributed by atoms with Crippen LogP contribution < -0.4 is 10.1 Å². The lowest BCUT2D eigenvalue weighted by Crippen LogP contribution is -2.35. The number of likely N-dealkylation sites (tertiary alicyclic amines) is 1. The first kappa shape index (κ1) is 32.5. The third-order valence-electron chi connectivity index (χ3n) is 9.25. The summed E-state index contributed by atoms with van der Waals surface area (Å²) < 4.78 is 20.0. The van der Waals surface area contributed by atoms with E-state index in [1.165, 1.54) is 45.3 Å². The zero-order valence-corrected chi connectivity index (χ0v) is 27.5. The summed E-state index contributed by atoms with van der Waals surface area (Å²) in [7, 11) is -2.01. The third-order valence-corrected chi connectivity index (χ3v) is 10.4. The molecule has 1 saturated carbocycles. The summed E-state index contributed by atoms with van der Waals surface area (Å²) in [5.41, 5.74) is 1.00. The van der Waals surface area contributed by atoms with Crippen molar-refractivity contribution in [1.82, 2.24) is 19.4 Å². The first-order valence-corrected chi connectivity index (χ1v) is 19.0. The van der Waals surface area contributed by atoms with Crippen molar-refractivity contribution in [2.24, 2.45) is 11.8 Å². The van der Waals surface area contributed by atoms with Gasteiger partial charge in [-0.25, -0.2) is 4.98 Å². The number of nitrogens with zero attached hydrogens (tertiary/aromatic N) is 4. The Morgan fingerprint density at radius 2 is 1.98 bits per heavy atom. The second-order valence-electron chi connectivity index (χ2n) is 13.1. The molecule has 1 aromatic carbocycles. The second-order valence-corrected chi connectivity index (χ2v) is 15.8. The molecule has 1 aliphatic carbocycles. The Hall–Kier alpha value is -2.91. The lowest BCUT2D eigenvalue weighted by molar-refractivity contribution is -0.124. The van der Waals surface area contributed by atoms with E-state index in [4.69, 9.17) is 9.72 Å². The Morgan fingerprint density at radius 1 is 1.14 bits per heavy atom. The number of nitrogens with one attached hydrogen (secondary N) is 1. The molecule has 2 atom stereocenters. The number of hydrogen-bond acceptors (Lipinski definition) is 7. The number of rotatable bonds is 15. The Balaban J connectivity index is 1.10. The van der Waals surface area contributed by atoms with Crippen molar-refractivity contribution < 1.29 is 13.7 Å². The van der Waals surface area contributed by atoms with Crippen LogP contribution in [0, 0.1) is 11.8 Å². The maximum absolute atomic E-state index is 13.0. The molecule has 3 aromatic rings. The van der Waals surface area contributed by atoms with Crippen molar-refractivity contribution in [3.05, 3.63) is 42.7 Å². The lowest BCUT2D eigenvalue weighted by atomic mass is 9.81.